The second-order valence-electron chi connectivity index (χ2n) is 5.97. The number of anilines is 1. The fourth-order valence-electron chi connectivity index (χ4n) is 2.88. The van der Waals surface area contributed by atoms with Crippen molar-refractivity contribution >= 4 is 11.7 Å². The number of piperidine rings is 1. The maximum Gasteiger partial charge on any atom is 0.321 e. The molecule has 0 aliphatic carbocycles. The smallest absolute Gasteiger partial charge is 0.321 e. The molecule has 2 N–H and O–H groups in total. The van der Waals surface area contributed by atoms with E-state index in [-0.39, 0.29) is 18.6 Å². The monoisotopic (exact) mass is 314 g/mol. The summed E-state index contributed by atoms with van der Waals surface area (Å²) in [5, 5.41) is 16.4. The number of nitrogens with zero attached hydrogens (tertiary/aromatic N) is 3. The molecule has 1 aliphatic rings. The Morgan fingerprint density at radius 2 is 2.17 bits per heavy atom. The zero-order valence-corrected chi connectivity index (χ0v) is 13.1. The van der Waals surface area contributed by atoms with Gasteiger partial charge in [0.25, 0.3) is 0 Å². The van der Waals surface area contributed by atoms with Gasteiger partial charge in [0.1, 0.15) is 0 Å². The topological polar surface area (TPSA) is 70.4 Å². The summed E-state index contributed by atoms with van der Waals surface area (Å²) in [5.74, 6) is 0.200. The molecule has 2 aromatic rings. The second-order valence-corrected chi connectivity index (χ2v) is 5.97. The third kappa shape index (κ3) is 4.10. The molecule has 6 heteroatoms. The van der Waals surface area contributed by atoms with Crippen molar-refractivity contribution in [3.63, 3.8) is 0 Å². The van der Waals surface area contributed by atoms with E-state index in [1.807, 2.05) is 41.2 Å². The van der Waals surface area contributed by atoms with Gasteiger partial charge in [-0.25, -0.2) is 4.79 Å². The molecule has 122 valence electrons. The summed E-state index contributed by atoms with van der Waals surface area (Å²) in [7, 11) is 0. The van der Waals surface area contributed by atoms with Crippen LogP contribution >= 0.6 is 0 Å². The van der Waals surface area contributed by atoms with Crippen molar-refractivity contribution in [2.45, 2.75) is 19.4 Å². The van der Waals surface area contributed by atoms with Crippen LogP contribution in [0, 0.1) is 5.92 Å². The van der Waals surface area contributed by atoms with Crippen LogP contribution in [0.1, 0.15) is 18.4 Å². The fraction of sp³-hybridized carbons (Fsp3) is 0.412. The van der Waals surface area contributed by atoms with E-state index in [0.29, 0.717) is 13.1 Å². The van der Waals surface area contributed by atoms with Crippen molar-refractivity contribution in [1.29, 1.82) is 0 Å². The van der Waals surface area contributed by atoms with E-state index in [2.05, 4.69) is 10.4 Å². The van der Waals surface area contributed by atoms with Crippen molar-refractivity contribution in [2.75, 3.05) is 25.0 Å². The van der Waals surface area contributed by atoms with Gasteiger partial charge in [0.05, 0.1) is 6.54 Å². The molecule has 1 aromatic heterocycles. The second kappa shape index (κ2) is 7.28. The van der Waals surface area contributed by atoms with E-state index < -0.39 is 0 Å². The fourth-order valence-corrected chi connectivity index (χ4v) is 2.88. The van der Waals surface area contributed by atoms with Gasteiger partial charge in [-0.3, -0.25) is 4.68 Å². The molecule has 2 amide bonds. The minimum atomic E-state index is -0.0945. The number of likely N-dealkylation sites (tertiary alicyclic amines) is 1. The van der Waals surface area contributed by atoms with Crippen molar-refractivity contribution in [2.24, 2.45) is 5.92 Å². The molecule has 1 aliphatic heterocycles. The Bertz CT molecular complexity index is 625. The van der Waals surface area contributed by atoms with Gasteiger partial charge in [0, 0.05) is 37.8 Å². The normalized spacial score (nSPS) is 18.0. The average Bonchev–Trinajstić information content (AvgIpc) is 3.09. The molecule has 0 radical (unpaired) electrons. The Balaban J connectivity index is 1.56. The van der Waals surface area contributed by atoms with Gasteiger partial charge < -0.3 is 15.3 Å². The standard InChI is InChI=1S/C17H22N4O2/c22-13-15-3-1-9-20(11-15)17(23)19-16-6-4-14(5-7-16)12-21-10-2-8-18-21/h2,4-8,10,15,22H,1,3,9,11-13H2,(H,19,23). The lowest BCUT2D eigenvalue weighted by molar-refractivity contribution is 0.136. The maximum absolute atomic E-state index is 12.3. The van der Waals surface area contributed by atoms with Gasteiger partial charge in [-0.05, 0) is 42.5 Å². The van der Waals surface area contributed by atoms with Crippen molar-refractivity contribution in [1.82, 2.24) is 14.7 Å². The third-order valence-electron chi connectivity index (χ3n) is 4.17. The van der Waals surface area contributed by atoms with Gasteiger partial charge in [-0.15, -0.1) is 0 Å². The van der Waals surface area contributed by atoms with Crippen molar-refractivity contribution in [3.05, 3.63) is 48.3 Å². The van der Waals surface area contributed by atoms with Crippen LogP contribution in [0.2, 0.25) is 0 Å². The summed E-state index contributed by atoms with van der Waals surface area (Å²) in [6.07, 6.45) is 5.61. The highest BCUT2D eigenvalue weighted by Gasteiger charge is 2.23. The van der Waals surface area contributed by atoms with Crippen LogP contribution in [0.25, 0.3) is 0 Å². The van der Waals surface area contributed by atoms with Crippen LogP contribution in [0.3, 0.4) is 0 Å². The van der Waals surface area contributed by atoms with Gasteiger partial charge in [0.15, 0.2) is 0 Å². The molecule has 3 rings (SSSR count). The largest absolute Gasteiger partial charge is 0.396 e. The van der Waals surface area contributed by atoms with Crippen LogP contribution in [0.5, 0.6) is 0 Å². The zero-order valence-electron chi connectivity index (χ0n) is 13.1. The highest BCUT2D eigenvalue weighted by Crippen LogP contribution is 2.17. The number of nitrogens with one attached hydrogen (secondary N) is 1. The Labute approximate surface area is 135 Å². The molecule has 1 unspecified atom stereocenters. The number of benzene rings is 1. The Morgan fingerprint density at radius 3 is 2.87 bits per heavy atom. The summed E-state index contributed by atoms with van der Waals surface area (Å²) < 4.78 is 1.86. The number of amides is 2. The Morgan fingerprint density at radius 1 is 1.35 bits per heavy atom. The number of carbonyl (C=O) groups is 1. The molecule has 1 saturated heterocycles. The minimum Gasteiger partial charge on any atom is -0.396 e. The lowest BCUT2D eigenvalue weighted by Crippen LogP contribution is -2.43. The summed E-state index contributed by atoms with van der Waals surface area (Å²) in [4.78, 5) is 14.1. The average molecular weight is 314 g/mol. The van der Waals surface area contributed by atoms with Crippen LogP contribution in [-0.2, 0) is 6.54 Å². The van der Waals surface area contributed by atoms with E-state index in [4.69, 9.17) is 0 Å². The number of urea groups is 1. The number of hydrogen-bond acceptors (Lipinski definition) is 3. The molecule has 0 spiro atoms. The molecule has 23 heavy (non-hydrogen) atoms. The molecule has 1 aromatic carbocycles. The third-order valence-corrected chi connectivity index (χ3v) is 4.17. The lowest BCUT2D eigenvalue weighted by atomic mass is 9.99. The van der Waals surface area contributed by atoms with E-state index >= 15 is 0 Å². The molecule has 0 saturated carbocycles. The number of aliphatic hydroxyl groups excluding tert-OH is 1. The van der Waals surface area contributed by atoms with E-state index in [9.17, 15) is 9.90 Å². The van der Waals surface area contributed by atoms with Gasteiger partial charge >= 0.3 is 6.03 Å². The van der Waals surface area contributed by atoms with Crippen LogP contribution < -0.4 is 5.32 Å². The molecule has 2 heterocycles. The van der Waals surface area contributed by atoms with Crippen LogP contribution in [0.4, 0.5) is 10.5 Å². The van der Waals surface area contributed by atoms with Crippen molar-refractivity contribution < 1.29 is 9.90 Å². The molecule has 6 nitrogen and oxygen atoms in total. The number of carbonyl (C=O) groups excluding carboxylic acids is 1. The molecular formula is C17H22N4O2. The molecule has 1 atom stereocenters. The first kappa shape index (κ1) is 15.6. The number of rotatable bonds is 4. The molecular weight excluding hydrogens is 292 g/mol. The summed E-state index contributed by atoms with van der Waals surface area (Å²) >= 11 is 0. The quantitative estimate of drug-likeness (QED) is 0.908. The first-order valence-corrected chi connectivity index (χ1v) is 7.98. The predicted octanol–water partition coefficient (Wildman–Crippen LogP) is 2.17. The minimum absolute atomic E-state index is 0.0945. The van der Waals surface area contributed by atoms with Gasteiger partial charge in [0.2, 0.25) is 0 Å². The molecule has 0 bridgehead atoms. The summed E-state index contributed by atoms with van der Waals surface area (Å²) in [5.41, 5.74) is 1.91. The number of aliphatic hydroxyl groups is 1. The number of hydrogen-bond donors (Lipinski definition) is 2. The Kier molecular flexibility index (Phi) is 4.92. The predicted molar refractivity (Wildman–Crippen MR) is 88.2 cm³/mol. The highest BCUT2D eigenvalue weighted by atomic mass is 16.3. The lowest BCUT2D eigenvalue weighted by Gasteiger charge is -2.31. The van der Waals surface area contributed by atoms with Gasteiger partial charge in [-0.1, -0.05) is 12.1 Å². The van der Waals surface area contributed by atoms with E-state index in [0.717, 1.165) is 30.6 Å². The van der Waals surface area contributed by atoms with Crippen molar-refractivity contribution in [3.8, 4) is 0 Å². The summed E-state index contributed by atoms with van der Waals surface area (Å²) in [6, 6.07) is 9.60. The summed E-state index contributed by atoms with van der Waals surface area (Å²) in [6.45, 7) is 2.23. The number of aromatic nitrogens is 2. The maximum atomic E-state index is 12.3. The van der Waals surface area contributed by atoms with Crippen LogP contribution in [-0.4, -0.2) is 45.5 Å². The molecule has 1 fully saturated rings. The van der Waals surface area contributed by atoms with E-state index in [1.54, 1.807) is 11.1 Å². The van der Waals surface area contributed by atoms with Crippen LogP contribution in [0.15, 0.2) is 42.7 Å². The Hall–Kier alpha value is -2.34. The zero-order chi connectivity index (χ0) is 16.1. The SMILES string of the molecule is O=C(Nc1ccc(Cn2cccn2)cc1)N1CCCC(CO)C1. The van der Waals surface area contributed by atoms with Gasteiger partial charge in [-0.2, -0.15) is 5.10 Å². The highest BCUT2D eigenvalue weighted by molar-refractivity contribution is 5.89. The van der Waals surface area contributed by atoms with E-state index in [1.165, 1.54) is 0 Å². The first-order chi connectivity index (χ1) is 11.2. The first-order valence-electron chi connectivity index (χ1n) is 7.98.